The Bertz CT molecular complexity index is 783. The third kappa shape index (κ3) is 4.02. The summed E-state index contributed by atoms with van der Waals surface area (Å²) in [6, 6.07) is 12.8. The summed E-state index contributed by atoms with van der Waals surface area (Å²) in [7, 11) is 0. The van der Waals surface area contributed by atoms with Crippen molar-refractivity contribution in [2.45, 2.75) is 31.8 Å². The molecule has 6 nitrogen and oxygen atoms in total. The smallest absolute Gasteiger partial charge is 0.348 e. The van der Waals surface area contributed by atoms with E-state index in [2.05, 4.69) is 4.98 Å². The lowest BCUT2D eigenvalue weighted by atomic mass is 9.90. The minimum absolute atomic E-state index is 0.0433. The van der Waals surface area contributed by atoms with Gasteiger partial charge in [-0.3, -0.25) is 9.78 Å². The molecule has 0 aliphatic carbocycles. The van der Waals surface area contributed by atoms with E-state index in [4.69, 9.17) is 4.74 Å². The molecule has 0 atom stereocenters. The van der Waals surface area contributed by atoms with E-state index < -0.39 is 11.6 Å². The van der Waals surface area contributed by atoms with E-state index in [1.54, 1.807) is 23.2 Å². The minimum Gasteiger partial charge on any atom is -0.478 e. The van der Waals surface area contributed by atoms with E-state index in [1.165, 1.54) is 0 Å². The van der Waals surface area contributed by atoms with Gasteiger partial charge < -0.3 is 14.7 Å². The van der Waals surface area contributed by atoms with Gasteiger partial charge in [-0.05, 0) is 36.8 Å². The number of benzene rings is 1. The lowest BCUT2D eigenvalue weighted by Crippen LogP contribution is -2.54. The monoisotopic (exact) mass is 354 g/mol. The van der Waals surface area contributed by atoms with Crippen LogP contribution in [0.1, 0.15) is 24.1 Å². The van der Waals surface area contributed by atoms with Crippen molar-refractivity contribution < 1.29 is 19.4 Å². The number of amides is 1. The summed E-state index contributed by atoms with van der Waals surface area (Å²) >= 11 is 0. The molecule has 2 heterocycles. The number of rotatable bonds is 5. The van der Waals surface area contributed by atoms with Crippen molar-refractivity contribution in [1.29, 1.82) is 0 Å². The summed E-state index contributed by atoms with van der Waals surface area (Å²) in [6.07, 6.45) is 2.39. The maximum absolute atomic E-state index is 12.4. The molecule has 0 unspecified atom stereocenters. The van der Waals surface area contributed by atoms with Crippen molar-refractivity contribution in [3.8, 4) is 5.75 Å². The predicted octanol–water partition coefficient (Wildman–Crippen LogP) is 2.46. The van der Waals surface area contributed by atoms with Crippen LogP contribution in [0.4, 0.5) is 0 Å². The fourth-order valence-corrected chi connectivity index (χ4v) is 3.15. The van der Waals surface area contributed by atoms with Gasteiger partial charge in [0.1, 0.15) is 5.75 Å². The Hall–Kier alpha value is -2.89. The van der Waals surface area contributed by atoms with E-state index in [-0.39, 0.29) is 25.2 Å². The van der Waals surface area contributed by atoms with Gasteiger partial charge in [0, 0.05) is 37.8 Å². The summed E-state index contributed by atoms with van der Waals surface area (Å²) in [5, 5.41) is 9.74. The molecule has 26 heavy (non-hydrogen) atoms. The second-order valence-electron chi connectivity index (χ2n) is 6.60. The number of hydrogen-bond donors (Lipinski definition) is 1. The number of ether oxygens (including phenoxy) is 1. The zero-order chi connectivity index (χ0) is 18.6. The van der Waals surface area contributed by atoms with Crippen LogP contribution in [-0.2, 0) is 16.0 Å². The molecule has 1 fully saturated rings. The van der Waals surface area contributed by atoms with Gasteiger partial charge >= 0.3 is 5.97 Å². The van der Waals surface area contributed by atoms with Crippen LogP contribution in [0.5, 0.6) is 5.75 Å². The van der Waals surface area contributed by atoms with Gasteiger partial charge in [-0.25, -0.2) is 4.79 Å². The van der Waals surface area contributed by atoms with E-state index in [0.717, 1.165) is 5.56 Å². The number of piperidine rings is 1. The van der Waals surface area contributed by atoms with Crippen molar-refractivity contribution >= 4 is 11.9 Å². The summed E-state index contributed by atoms with van der Waals surface area (Å²) < 4.78 is 5.88. The third-order valence-electron chi connectivity index (χ3n) is 4.67. The largest absolute Gasteiger partial charge is 0.478 e. The highest BCUT2D eigenvalue weighted by atomic mass is 16.5. The molecule has 0 spiro atoms. The van der Waals surface area contributed by atoms with Crippen LogP contribution >= 0.6 is 0 Å². The van der Waals surface area contributed by atoms with Crippen LogP contribution in [0.25, 0.3) is 0 Å². The van der Waals surface area contributed by atoms with Crippen LogP contribution in [-0.4, -0.2) is 45.6 Å². The Balaban J connectivity index is 1.65. The lowest BCUT2D eigenvalue weighted by molar-refractivity contribution is -0.161. The molecule has 0 saturated carbocycles. The average molecular weight is 354 g/mol. The number of pyridine rings is 1. The molecule has 1 aromatic carbocycles. The van der Waals surface area contributed by atoms with Gasteiger partial charge in [0.15, 0.2) is 0 Å². The van der Waals surface area contributed by atoms with E-state index in [1.807, 2.05) is 37.3 Å². The van der Waals surface area contributed by atoms with E-state index in [0.29, 0.717) is 24.5 Å². The minimum atomic E-state index is -1.30. The zero-order valence-corrected chi connectivity index (χ0v) is 14.7. The number of carbonyl (C=O) groups is 2. The van der Waals surface area contributed by atoms with Crippen LogP contribution in [0, 0.1) is 6.92 Å². The first-order chi connectivity index (χ1) is 12.5. The number of hydrogen-bond acceptors (Lipinski definition) is 4. The van der Waals surface area contributed by atoms with Gasteiger partial charge in [0.05, 0.1) is 6.42 Å². The van der Waals surface area contributed by atoms with Gasteiger partial charge in [-0.2, -0.15) is 0 Å². The lowest BCUT2D eigenvalue weighted by Gasteiger charge is -2.39. The highest BCUT2D eigenvalue weighted by Gasteiger charge is 2.44. The summed E-state index contributed by atoms with van der Waals surface area (Å²) in [5.74, 6) is -0.491. The molecule has 2 aromatic rings. The third-order valence-corrected chi connectivity index (χ3v) is 4.67. The van der Waals surface area contributed by atoms with Gasteiger partial charge in [-0.1, -0.05) is 18.2 Å². The number of carboxylic acid groups (broad SMARTS) is 1. The first kappa shape index (κ1) is 17.9. The Morgan fingerprint density at radius 3 is 2.58 bits per heavy atom. The quantitative estimate of drug-likeness (QED) is 0.892. The molecule has 1 saturated heterocycles. The molecule has 1 aliphatic heterocycles. The number of nitrogens with zero attached hydrogens (tertiary/aromatic N) is 2. The highest BCUT2D eigenvalue weighted by Crippen LogP contribution is 2.30. The normalized spacial score (nSPS) is 16.1. The Kier molecular flexibility index (Phi) is 5.21. The SMILES string of the molecule is Cc1cccc(OC2(C(=O)O)CCN(C(=O)Cc3ccccn3)CC2)c1. The molecule has 0 radical (unpaired) electrons. The topological polar surface area (TPSA) is 79.7 Å². The molecule has 1 aliphatic rings. The second-order valence-corrected chi connectivity index (χ2v) is 6.60. The summed E-state index contributed by atoms with van der Waals surface area (Å²) in [6.45, 7) is 2.63. The molecule has 1 N–H and O–H groups in total. The standard InChI is InChI=1S/C20H22N2O4/c1-15-5-4-7-17(13-15)26-20(19(24)25)8-11-22(12-9-20)18(23)14-16-6-2-3-10-21-16/h2-7,10,13H,8-9,11-12,14H2,1H3,(H,24,25). The van der Waals surface area contributed by atoms with Gasteiger partial charge in [0.2, 0.25) is 11.5 Å². The van der Waals surface area contributed by atoms with Crippen LogP contribution in [0.15, 0.2) is 48.7 Å². The second kappa shape index (κ2) is 7.56. The zero-order valence-electron chi connectivity index (χ0n) is 14.7. The van der Waals surface area contributed by atoms with Crippen LogP contribution in [0.3, 0.4) is 0 Å². The number of aliphatic carboxylic acids is 1. The summed E-state index contributed by atoms with van der Waals surface area (Å²) in [5.41, 5.74) is 0.421. The van der Waals surface area contributed by atoms with E-state index in [9.17, 15) is 14.7 Å². The molecule has 136 valence electrons. The van der Waals surface area contributed by atoms with Crippen molar-refractivity contribution in [3.05, 3.63) is 59.9 Å². The Labute approximate surface area is 152 Å². The number of likely N-dealkylation sites (tertiary alicyclic amines) is 1. The molecule has 0 bridgehead atoms. The Morgan fingerprint density at radius 1 is 1.19 bits per heavy atom. The fourth-order valence-electron chi connectivity index (χ4n) is 3.15. The van der Waals surface area contributed by atoms with Crippen molar-refractivity contribution in [2.24, 2.45) is 0 Å². The van der Waals surface area contributed by atoms with Crippen molar-refractivity contribution in [1.82, 2.24) is 9.88 Å². The number of carboxylic acids is 1. The Morgan fingerprint density at radius 2 is 1.96 bits per heavy atom. The molecular weight excluding hydrogens is 332 g/mol. The first-order valence-electron chi connectivity index (χ1n) is 8.65. The number of carbonyl (C=O) groups excluding carboxylic acids is 1. The molecular formula is C20H22N2O4. The molecule has 1 amide bonds. The van der Waals surface area contributed by atoms with Crippen LogP contribution < -0.4 is 4.74 Å². The molecule has 1 aromatic heterocycles. The first-order valence-corrected chi connectivity index (χ1v) is 8.65. The van der Waals surface area contributed by atoms with Crippen molar-refractivity contribution in [3.63, 3.8) is 0 Å². The van der Waals surface area contributed by atoms with Crippen molar-refractivity contribution in [2.75, 3.05) is 13.1 Å². The number of aromatic nitrogens is 1. The highest BCUT2D eigenvalue weighted by molar-refractivity contribution is 5.81. The molecule has 6 heteroatoms. The maximum atomic E-state index is 12.4. The van der Waals surface area contributed by atoms with Gasteiger partial charge in [0.25, 0.3) is 0 Å². The predicted molar refractivity (Wildman–Crippen MR) is 95.9 cm³/mol. The molecule has 3 rings (SSSR count). The van der Waals surface area contributed by atoms with Crippen LogP contribution in [0.2, 0.25) is 0 Å². The van der Waals surface area contributed by atoms with E-state index >= 15 is 0 Å². The van der Waals surface area contributed by atoms with Gasteiger partial charge in [-0.15, -0.1) is 0 Å². The fraction of sp³-hybridized carbons (Fsp3) is 0.350. The number of aryl methyl sites for hydroxylation is 1. The maximum Gasteiger partial charge on any atom is 0.348 e. The summed E-state index contributed by atoms with van der Waals surface area (Å²) in [4.78, 5) is 30.2. The average Bonchev–Trinajstić information content (AvgIpc) is 2.63.